The minimum atomic E-state index is -5.25. The fourth-order valence-electron chi connectivity index (χ4n) is 4.19. The summed E-state index contributed by atoms with van der Waals surface area (Å²) in [6.45, 7) is 0. The average molecular weight is 588 g/mol. The molecule has 1 atom stereocenters. The Morgan fingerprint density at radius 2 is 1.77 bits per heavy atom. The van der Waals surface area contributed by atoms with Crippen molar-refractivity contribution in [3.63, 3.8) is 0 Å². The number of sulfonamides is 1. The highest BCUT2D eigenvalue weighted by atomic mass is 35.5. The van der Waals surface area contributed by atoms with Gasteiger partial charge in [0, 0.05) is 30.4 Å². The molecule has 0 saturated heterocycles. The normalized spacial score (nSPS) is 12.9. The van der Waals surface area contributed by atoms with Gasteiger partial charge in [0.25, 0.3) is 0 Å². The van der Waals surface area contributed by atoms with Crippen LogP contribution >= 0.6 is 11.6 Å². The van der Waals surface area contributed by atoms with E-state index in [0.29, 0.717) is 17.1 Å². The lowest BCUT2D eigenvalue weighted by atomic mass is 9.94. The summed E-state index contributed by atoms with van der Waals surface area (Å²) in [7, 11) is -2.25. The quantitative estimate of drug-likeness (QED) is 0.299. The van der Waals surface area contributed by atoms with Crippen LogP contribution < -0.4 is 10.0 Å². The van der Waals surface area contributed by atoms with E-state index < -0.39 is 46.2 Å². The Morgan fingerprint density at radius 1 is 1.10 bits per heavy atom. The Hall–Kier alpha value is -3.78. The predicted octanol–water partition coefficient (Wildman–Crippen LogP) is 4.90. The minimum Gasteiger partial charge on any atom is -0.340 e. The highest BCUT2D eigenvalue weighted by molar-refractivity contribution is 7.92. The zero-order chi connectivity index (χ0) is 28.7. The van der Waals surface area contributed by atoms with Crippen LogP contribution in [0.4, 0.5) is 27.8 Å². The van der Waals surface area contributed by atoms with E-state index in [1.54, 1.807) is 0 Å². The van der Waals surface area contributed by atoms with Crippen molar-refractivity contribution in [1.29, 1.82) is 0 Å². The maximum Gasteiger partial charge on any atom is 0.471 e. The van der Waals surface area contributed by atoms with Gasteiger partial charge in [0.05, 0.1) is 33.9 Å². The number of hydrogen-bond acceptors (Lipinski definition) is 5. The molecule has 1 amide bonds. The van der Waals surface area contributed by atoms with Crippen molar-refractivity contribution in [3.05, 3.63) is 76.6 Å². The summed E-state index contributed by atoms with van der Waals surface area (Å²) in [5, 5.41) is 6.40. The van der Waals surface area contributed by atoms with Crippen LogP contribution in [0.5, 0.6) is 0 Å². The number of fused-ring (bicyclic) bond motifs is 1. The van der Waals surface area contributed by atoms with Crippen molar-refractivity contribution in [1.82, 2.24) is 20.1 Å². The van der Waals surface area contributed by atoms with Crippen molar-refractivity contribution in [2.24, 2.45) is 7.05 Å². The SMILES string of the molecule is Cn1nc(NS(C)(=O)=O)c2c(Cl)ccc(-c3cccnc3[C@H](Cc3cc(F)cc(F)c3)NC(=O)C(F)(F)F)c21. The van der Waals surface area contributed by atoms with Crippen LogP contribution in [0, 0.1) is 11.6 Å². The standard InChI is InChI=1S/C24H19ClF5N5O3S/c1-35-21-16(5-6-17(25)19(21)22(33-35)34-39(2,37)38)15-4-3-7-31-20(15)18(32-23(36)24(28,29)30)10-12-8-13(26)11-14(27)9-12/h3-9,11,18H,10H2,1-2H3,(H,32,36)(H,33,34)/t18-/m0/s1. The first-order chi connectivity index (χ1) is 18.1. The number of rotatable bonds is 7. The first-order valence-electron chi connectivity index (χ1n) is 11.0. The lowest BCUT2D eigenvalue weighted by molar-refractivity contribution is -0.174. The maximum atomic E-state index is 13.9. The Bertz CT molecular complexity index is 1670. The van der Waals surface area contributed by atoms with Gasteiger partial charge in [-0.05, 0) is 36.2 Å². The van der Waals surface area contributed by atoms with E-state index in [4.69, 9.17) is 11.6 Å². The zero-order valence-corrected chi connectivity index (χ0v) is 21.7. The molecule has 2 N–H and O–H groups in total. The molecular weight excluding hydrogens is 569 g/mol. The number of anilines is 1. The number of carbonyl (C=O) groups excluding carboxylic acids is 1. The van der Waals surface area contributed by atoms with Crippen LogP contribution in [0.25, 0.3) is 22.0 Å². The molecule has 15 heteroatoms. The van der Waals surface area contributed by atoms with E-state index in [9.17, 15) is 35.2 Å². The lowest BCUT2D eigenvalue weighted by Gasteiger charge is -2.22. The Kier molecular flexibility index (Phi) is 7.54. The van der Waals surface area contributed by atoms with E-state index in [-0.39, 0.29) is 33.0 Å². The first-order valence-corrected chi connectivity index (χ1v) is 13.3. The van der Waals surface area contributed by atoms with Crippen molar-refractivity contribution < 1.29 is 35.2 Å². The van der Waals surface area contributed by atoms with Crippen LogP contribution in [-0.4, -0.2) is 41.5 Å². The molecule has 0 aliphatic carbocycles. The molecule has 0 aliphatic rings. The van der Waals surface area contributed by atoms with Crippen molar-refractivity contribution >= 4 is 44.3 Å². The van der Waals surface area contributed by atoms with Gasteiger partial charge in [0.1, 0.15) is 11.6 Å². The van der Waals surface area contributed by atoms with Gasteiger partial charge in [0.15, 0.2) is 5.82 Å². The Labute approximate surface area is 223 Å². The van der Waals surface area contributed by atoms with Gasteiger partial charge in [-0.25, -0.2) is 17.2 Å². The smallest absolute Gasteiger partial charge is 0.340 e. The Balaban J connectivity index is 1.92. The zero-order valence-electron chi connectivity index (χ0n) is 20.1. The molecule has 0 spiro atoms. The minimum absolute atomic E-state index is 0.0296. The third-order valence-electron chi connectivity index (χ3n) is 5.60. The summed E-state index contributed by atoms with van der Waals surface area (Å²) in [4.78, 5) is 16.2. The number of carbonyl (C=O) groups is 1. The number of benzene rings is 2. The summed E-state index contributed by atoms with van der Waals surface area (Å²) in [6, 6.07) is 6.97. The molecule has 206 valence electrons. The van der Waals surface area contributed by atoms with Gasteiger partial charge in [-0.2, -0.15) is 18.3 Å². The van der Waals surface area contributed by atoms with Crippen LogP contribution in [0.15, 0.2) is 48.7 Å². The highest BCUT2D eigenvalue weighted by Crippen LogP contribution is 2.39. The number of hydrogen-bond donors (Lipinski definition) is 2. The number of halogens is 6. The summed E-state index contributed by atoms with van der Waals surface area (Å²) < 4.78 is 94.7. The lowest BCUT2D eigenvalue weighted by Crippen LogP contribution is -2.40. The molecule has 4 aromatic rings. The van der Waals surface area contributed by atoms with Gasteiger partial charge >= 0.3 is 12.1 Å². The van der Waals surface area contributed by atoms with Crippen molar-refractivity contribution in [2.75, 3.05) is 11.0 Å². The second kappa shape index (κ2) is 10.4. The number of aryl methyl sites for hydroxylation is 1. The summed E-state index contributed by atoms with van der Waals surface area (Å²) >= 11 is 6.37. The maximum absolute atomic E-state index is 13.9. The molecule has 2 aromatic carbocycles. The molecule has 0 unspecified atom stereocenters. The molecule has 0 bridgehead atoms. The van der Waals surface area contributed by atoms with E-state index >= 15 is 0 Å². The molecular formula is C24H19ClF5N5O3S. The van der Waals surface area contributed by atoms with Crippen LogP contribution in [0.2, 0.25) is 5.02 Å². The molecule has 2 heterocycles. The monoisotopic (exact) mass is 587 g/mol. The molecule has 0 fully saturated rings. The van der Waals surface area contributed by atoms with Crippen LogP contribution in [-0.2, 0) is 28.3 Å². The van der Waals surface area contributed by atoms with Crippen molar-refractivity contribution in [3.8, 4) is 11.1 Å². The third kappa shape index (κ3) is 6.28. The molecule has 2 aromatic heterocycles. The van der Waals surface area contributed by atoms with Gasteiger partial charge in [-0.1, -0.05) is 23.7 Å². The second-order valence-electron chi connectivity index (χ2n) is 8.61. The average Bonchev–Trinajstić information content (AvgIpc) is 3.12. The van der Waals surface area contributed by atoms with Gasteiger partial charge in [-0.15, -0.1) is 0 Å². The van der Waals surface area contributed by atoms with Gasteiger partial charge in [0.2, 0.25) is 10.0 Å². The van der Waals surface area contributed by atoms with E-state index in [0.717, 1.165) is 18.4 Å². The largest absolute Gasteiger partial charge is 0.471 e. The van der Waals surface area contributed by atoms with E-state index in [1.807, 2.05) is 5.32 Å². The molecule has 8 nitrogen and oxygen atoms in total. The fourth-order valence-corrected chi connectivity index (χ4v) is 4.92. The number of aromatic nitrogens is 3. The molecule has 0 radical (unpaired) electrons. The number of alkyl halides is 3. The highest BCUT2D eigenvalue weighted by Gasteiger charge is 2.40. The summed E-state index contributed by atoms with van der Waals surface area (Å²) in [5.74, 6) is -4.26. The Morgan fingerprint density at radius 3 is 2.38 bits per heavy atom. The summed E-state index contributed by atoms with van der Waals surface area (Å²) in [5.41, 5.74) is 0.795. The number of amides is 1. The second-order valence-corrected chi connectivity index (χ2v) is 10.8. The molecule has 4 rings (SSSR count). The first kappa shape index (κ1) is 28.2. The van der Waals surface area contributed by atoms with Crippen LogP contribution in [0.3, 0.4) is 0 Å². The van der Waals surface area contributed by atoms with Gasteiger partial charge < -0.3 is 5.32 Å². The topological polar surface area (TPSA) is 106 Å². The number of nitrogens with one attached hydrogen (secondary N) is 2. The third-order valence-corrected chi connectivity index (χ3v) is 6.48. The fraction of sp³-hybridized carbons (Fsp3) is 0.208. The van der Waals surface area contributed by atoms with Crippen LogP contribution in [0.1, 0.15) is 17.3 Å². The molecule has 0 saturated carbocycles. The summed E-state index contributed by atoms with van der Waals surface area (Å²) in [6.07, 6.45) is -3.48. The molecule has 39 heavy (non-hydrogen) atoms. The predicted molar refractivity (Wildman–Crippen MR) is 134 cm³/mol. The van der Waals surface area contributed by atoms with E-state index in [2.05, 4.69) is 14.8 Å². The molecule has 0 aliphatic heterocycles. The number of pyridine rings is 1. The van der Waals surface area contributed by atoms with Gasteiger partial charge in [-0.3, -0.25) is 19.2 Å². The van der Waals surface area contributed by atoms with Crippen molar-refractivity contribution in [2.45, 2.75) is 18.6 Å². The van der Waals surface area contributed by atoms with E-state index in [1.165, 1.54) is 42.2 Å². The number of nitrogens with zero attached hydrogens (tertiary/aromatic N) is 3.